The maximum absolute atomic E-state index is 12.7. The summed E-state index contributed by atoms with van der Waals surface area (Å²) in [7, 11) is -4.29. The molecule has 106 heavy (non-hydrogen) atoms. The molecule has 12 aliphatic carbocycles. The van der Waals surface area contributed by atoms with Crippen molar-refractivity contribution in [3.63, 3.8) is 0 Å². The van der Waals surface area contributed by atoms with E-state index in [1.54, 1.807) is 6.92 Å². The molecule has 0 saturated heterocycles. The van der Waals surface area contributed by atoms with Gasteiger partial charge in [-0.15, -0.1) is 0 Å². The average Bonchev–Trinajstić information content (AvgIpc) is 1.42. The molecule has 0 radical (unpaired) electrons. The molecule has 12 fully saturated rings. The van der Waals surface area contributed by atoms with E-state index in [0.29, 0.717) is 125 Å². The van der Waals surface area contributed by atoms with E-state index in [9.17, 15) is 52.3 Å². The van der Waals surface area contributed by atoms with Crippen LogP contribution in [0.1, 0.15) is 342 Å². The molecule has 0 aliphatic heterocycles. The predicted molar refractivity (Wildman–Crippen MR) is 420 cm³/mol. The largest absolute Gasteiger partial charge is 0.748 e. The van der Waals surface area contributed by atoms with Crippen molar-refractivity contribution in [3.8, 4) is 0 Å². The van der Waals surface area contributed by atoms with E-state index in [1.165, 1.54) is 84.0 Å². The highest BCUT2D eigenvalue weighted by Crippen LogP contribution is 2.73. The highest BCUT2D eigenvalue weighted by molar-refractivity contribution is 7.85. The molecule has 15 heteroatoms. The van der Waals surface area contributed by atoms with Crippen LogP contribution in [0.25, 0.3) is 0 Å². The number of Topliss-reactive ketones (excluding diaryl/α,β-unsaturated/α-hetero) is 2. The highest BCUT2D eigenvalue weighted by Gasteiger charge is 2.69. The molecule has 0 heterocycles. The Morgan fingerprint density at radius 3 is 1.63 bits per heavy atom. The Hall–Kier alpha value is -2.46. The highest BCUT2D eigenvalue weighted by atomic mass is 32.2. The SMILES string of the molecule is CC(C)CCCC(C)C1CCC2C3CCC4CC(C(=O)NCCS(=O)(=O)[O-])CCC4(C)C3CCC12C.CCCCC(=O)CCC(C)C1CCC2C3C(C)CC4CC(OC(C)=O)CCC4(C)C3CC(OC(C)=O)C12C.CCCCC(=O)CCC(C)C1CCC2C3C(O)CC4CC(O)CCC4(C)C3CC(O)C12C. The van der Waals surface area contributed by atoms with Gasteiger partial charge in [-0.2, -0.15) is 0 Å². The second-order valence-electron chi connectivity index (χ2n) is 41.1. The number of aliphatic hydroxyl groups excluding tert-OH is 3. The number of esters is 2. The minimum atomic E-state index is -4.29. The van der Waals surface area contributed by atoms with Gasteiger partial charge in [0.2, 0.25) is 5.91 Å². The molecule has 0 bridgehead atoms. The van der Waals surface area contributed by atoms with Gasteiger partial charge < -0.3 is 34.7 Å². The van der Waals surface area contributed by atoms with Crippen LogP contribution in [-0.4, -0.2) is 101 Å². The van der Waals surface area contributed by atoms with Crippen LogP contribution >= 0.6 is 0 Å². The molecule has 31 unspecified atom stereocenters. The topological polar surface area (TPSA) is 234 Å². The third-order valence-electron chi connectivity index (χ3n) is 35.2. The Balaban J connectivity index is 0.000000171. The molecule has 608 valence electrons. The smallest absolute Gasteiger partial charge is 0.302 e. The van der Waals surface area contributed by atoms with Gasteiger partial charge in [0.15, 0.2) is 0 Å². The van der Waals surface area contributed by atoms with Gasteiger partial charge in [-0.3, -0.25) is 24.0 Å². The summed E-state index contributed by atoms with van der Waals surface area (Å²) in [5, 5.41) is 36.0. The van der Waals surface area contributed by atoms with Gasteiger partial charge >= 0.3 is 11.9 Å². The van der Waals surface area contributed by atoms with E-state index in [-0.39, 0.29) is 88.4 Å². The summed E-state index contributed by atoms with van der Waals surface area (Å²) in [5.74, 6) is 11.5. The molecule has 12 rings (SSSR count). The molecule has 0 spiro atoms. The lowest BCUT2D eigenvalue weighted by molar-refractivity contribution is -0.207. The fourth-order valence-electron chi connectivity index (χ4n) is 29.5. The van der Waals surface area contributed by atoms with E-state index < -0.39 is 15.9 Å². The molecular weight excluding hydrogens is 1350 g/mol. The lowest BCUT2D eigenvalue weighted by Crippen LogP contribution is -2.62. The summed E-state index contributed by atoms with van der Waals surface area (Å²) in [6.45, 7) is 36.5. The van der Waals surface area contributed by atoms with Crippen LogP contribution in [0.15, 0.2) is 0 Å². The first-order chi connectivity index (χ1) is 49.9. The van der Waals surface area contributed by atoms with Crippen LogP contribution in [0.3, 0.4) is 0 Å². The van der Waals surface area contributed by atoms with Crippen LogP contribution < -0.4 is 5.32 Å². The summed E-state index contributed by atoms with van der Waals surface area (Å²) < 4.78 is 44.6. The molecule has 14 nitrogen and oxygen atoms in total. The number of unbranched alkanes of at least 4 members (excludes halogenated alkanes) is 2. The van der Waals surface area contributed by atoms with Gasteiger partial charge in [-0.1, -0.05) is 129 Å². The molecule has 0 aromatic carbocycles. The van der Waals surface area contributed by atoms with Crippen LogP contribution in [0.4, 0.5) is 0 Å². The van der Waals surface area contributed by atoms with Crippen LogP contribution in [0.2, 0.25) is 0 Å². The first-order valence-corrected chi connectivity index (χ1v) is 46.1. The maximum Gasteiger partial charge on any atom is 0.302 e. The Morgan fingerprint density at radius 1 is 0.500 bits per heavy atom. The maximum atomic E-state index is 12.7. The molecule has 12 saturated carbocycles. The molecule has 0 aromatic heterocycles. The monoisotopic (exact) mass is 1500 g/mol. The number of aliphatic hydroxyl groups is 3. The van der Waals surface area contributed by atoms with Gasteiger partial charge in [0.1, 0.15) is 23.8 Å². The van der Waals surface area contributed by atoms with Crippen molar-refractivity contribution >= 4 is 39.5 Å². The lowest BCUT2D eigenvalue weighted by atomic mass is 9.41. The zero-order chi connectivity index (χ0) is 77.4. The second-order valence-corrected chi connectivity index (χ2v) is 42.7. The summed E-state index contributed by atoms with van der Waals surface area (Å²) in [6, 6.07) is 0. The summed E-state index contributed by atoms with van der Waals surface area (Å²) in [6.07, 6.45) is 37.1. The van der Waals surface area contributed by atoms with E-state index in [0.717, 1.165) is 164 Å². The van der Waals surface area contributed by atoms with Crippen LogP contribution in [-0.2, 0) is 43.6 Å². The van der Waals surface area contributed by atoms with Crippen molar-refractivity contribution in [2.24, 2.45) is 157 Å². The number of ketones is 2. The molecule has 1 amide bonds. The molecule has 4 N–H and O–H groups in total. The number of carbonyl (C=O) groups is 5. The van der Waals surface area contributed by atoms with Gasteiger partial charge in [0.05, 0.1) is 34.2 Å². The Kier molecular flexibility index (Phi) is 28.5. The van der Waals surface area contributed by atoms with Crippen LogP contribution in [0.5, 0.6) is 0 Å². The minimum Gasteiger partial charge on any atom is -0.748 e. The molecule has 31 atom stereocenters. The van der Waals surface area contributed by atoms with Crippen molar-refractivity contribution in [2.45, 2.75) is 372 Å². The Labute approximate surface area is 644 Å². The van der Waals surface area contributed by atoms with Gasteiger partial charge in [-0.25, -0.2) is 8.42 Å². The van der Waals surface area contributed by atoms with Crippen molar-refractivity contribution in [2.75, 3.05) is 12.3 Å². The standard InChI is InChI=1S/C33H54O5.C30H53NO4S.C28H48O4/c1-8-9-10-25(36)12-11-20(2)27-13-14-28-31-21(3)17-24-18-26(37-22(4)34)15-16-32(24,6)29(31)19-30(33(27,28)7)38-23(5)35;1-20(2)7-6-8-21(3)25-11-12-26-24-10-9-23-19-22(28(32)31-17-18-36(33,34)35)13-15-29(23,4)27(24)14-16-30(25,26)5;1-5-6-7-19(29)9-8-17(2)21-10-11-22-26-23(16-25(32)28(21,22)4)27(3)13-12-20(30)14-18(27)15-24(26)31/h20-21,24,26-31H,8-19H2,1-7H3;20-27H,6-19H2,1-5H3,(H,31,32)(H,33,34,35);17-18,20-26,30-32H,5-16H2,1-4H3/p-1. The first-order valence-electron chi connectivity index (χ1n) is 44.5. The van der Waals surface area contributed by atoms with Gasteiger partial charge in [-0.05, 0) is 319 Å². The number of carbonyl (C=O) groups excluding carboxylic acids is 5. The average molecular weight is 1500 g/mol. The Bertz CT molecular complexity index is 3080. The van der Waals surface area contributed by atoms with E-state index >= 15 is 0 Å². The number of fused-ring (bicyclic) bond motifs is 15. The Morgan fingerprint density at radius 2 is 1.03 bits per heavy atom. The normalized spacial score (nSPS) is 44.2. The quantitative estimate of drug-likeness (QED) is 0.0492. The fourth-order valence-corrected chi connectivity index (χ4v) is 29.8. The van der Waals surface area contributed by atoms with Gasteiger partial charge in [0.25, 0.3) is 0 Å². The summed E-state index contributed by atoms with van der Waals surface area (Å²) >= 11 is 0. The number of hydrogen-bond acceptors (Lipinski definition) is 13. The number of ether oxygens (including phenoxy) is 2. The van der Waals surface area contributed by atoms with Crippen molar-refractivity contribution < 1.29 is 61.7 Å². The third kappa shape index (κ3) is 17.7. The number of amides is 1. The van der Waals surface area contributed by atoms with E-state index in [4.69, 9.17) is 9.47 Å². The minimum absolute atomic E-state index is 0.0366. The van der Waals surface area contributed by atoms with Gasteiger partial charge in [0, 0.05) is 57.4 Å². The van der Waals surface area contributed by atoms with E-state index in [2.05, 4.69) is 102 Å². The zero-order valence-electron chi connectivity index (χ0n) is 69.7. The fraction of sp³-hybridized carbons (Fsp3) is 0.945. The summed E-state index contributed by atoms with van der Waals surface area (Å²) in [4.78, 5) is 61.6. The predicted octanol–water partition coefficient (Wildman–Crippen LogP) is 19.0. The summed E-state index contributed by atoms with van der Waals surface area (Å²) in [5.41, 5.74) is 0.973. The number of nitrogens with one attached hydrogen (secondary N) is 1. The first kappa shape index (κ1) is 86.0. The van der Waals surface area contributed by atoms with Crippen molar-refractivity contribution in [1.82, 2.24) is 5.32 Å². The van der Waals surface area contributed by atoms with Crippen LogP contribution in [0, 0.1) is 157 Å². The second kappa shape index (κ2) is 35.1. The number of hydrogen-bond donors (Lipinski definition) is 4. The molecule has 12 aliphatic rings. The van der Waals surface area contributed by atoms with Crippen molar-refractivity contribution in [3.05, 3.63) is 0 Å². The third-order valence-corrected chi connectivity index (χ3v) is 35.9. The van der Waals surface area contributed by atoms with Crippen molar-refractivity contribution in [1.29, 1.82) is 0 Å². The van der Waals surface area contributed by atoms with E-state index in [1.807, 2.05) is 0 Å². The number of rotatable bonds is 25. The molecule has 0 aromatic rings. The zero-order valence-corrected chi connectivity index (χ0v) is 70.5. The lowest BCUT2D eigenvalue weighted by Gasteiger charge is -2.64. The molecular formula is C91H154NO13S-.